The van der Waals surface area contributed by atoms with E-state index in [2.05, 4.69) is 27.7 Å². The van der Waals surface area contributed by atoms with Crippen LogP contribution in [0.15, 0.2) is 48.5 Å². The Bertz CT molecular complexity index is 1090. The van der Waals surface area contributed by atoms with Gasteiger partial charge in [0.05, 0.1) is 6.04 Å². The van der Waals surface area contributed by atoms with E-state index in [1.807, 2.05) is 12.1 Å². The van der Waals surface area contributed by atoms with Crippen molar-refractivity contribution in [2.75, 3.05) is 38.1 Å². The number of urea groups is 1. The molecule has 1 unspecified atom stereocenters. The predicted molar refractivity (Wildman–Crippen MR) is 134 cm³/mol. The van der Waals surface area contributed by atoms with E-state index in [9.17, 15) is 18.8 Å². The summed E-state index contributed by atoms with van der Waals surface area (Å²) in [5.74, 6) is 0.0416. The first-order chi connectivity index (χ1) is 17.4. The lowest BCUT2D eigenvalue weighted by Crippen LogP contribution is -2.46. The number of nitrogens with zero attached hydrogens (tertiary/aromatic N) is 2. The lowest BCUT2D eigenvalue weighted by molar-refractivity contribution is -0.114. The van der Waals surface area contributed by atoms with E-state index in [4.69, 9.17) is 4.74 Å². The third kappa shape index (κ3) is 6.81. The van der Waals surface area contributed by atoms with Gasteiger partial charge in [-0.2, -0.15) is 0 Å². The fourth-order valence-corrected chi connectivity index (χ4v) is 4.94. The summed E-state index contributed by atoms with van der Waals surface area (Å²) in [5.41, 5.74) is 2.79. The number of piperidine rings is 1. The van der Waals surface area contributed by atoms with Crippen molar-refractivity contribution in [1.29, 1.82) is 0 Å². The first-order valence-electron chi connectivity index (χ1n) is 12.5. The topological polar surface area (TPSA) is 91.0 Å². The normalized spacial score (nSPS) is 18.7. The molecule has 192 valence electrons. The second-order valence-electron chi connectivity index (χ2n) is 9.44. The molecule has 2 fully saturated rings. The number of ether oxygens (including phenoxy) is 1. The molecule has 2 N–H and O–H groups in total. The molecule has 2 saturated heterocycles. The average Bonchev–Trinajstić information content (AvgIpc) is 3.21. The maximum absolute atomic E-state index is 13.5. The quantitative estimate of drug-likeness (QED) is 0.537. The molecule has 2 aromatic rings. The van der Waals surface area contributed by atoms with Crippen molar-refractivity contribution >= 4 is 23.7 Å². The van der Waals surface area contributed by atoms with Gasteiger partial charge in [-0.15, -0.1) is 0 Å². The van der Waals surface area contributed by atoms with Crippen LogP contribution in [0.3, 0.4) is 0 Å². The first-order valence-corrected chi connectivity index (χ1v) is 12.5. The van der Waals surface area contributed by atoms with Crippen molar-refractivity contribution < 1.29 is 23.5 Å². The minimum absolute atomic E-state index is 0.0715. The largest absolute Gasteiger partial charge is 0.447 e. The number of anilines is 1. The summed E-state index contributed by atoms with van der Waals surface area (Å²) in [7, 11) is 0. The third-order valence-electron chi connectivity index (χ3n) is 6.73. The highest BCUT2D eigenvalue weighted by molar-refractivity contribution is 5.92. The fourth-order valence-electron chi connectivity index (χ4n) is 4.94. The van der Waals surface area contributed by atoms with E-state index in [1.165, 1.54) is 24.6 Å². The SMILES string of the molecule is CC(=O)Nc1cccc(C2CCN(CCCNC(=O)N3C(=O)OCC3Cc3cccc(F)c3)CC2)c1. The van der Waals surface area contributed by atoms with Crippen molar-refractivity contribution in [3.05, 3.63) is 65.5 Å². The number of amides is 4. The van der Waals surface area contributed by atoms with Gasteiger partial charge in [0.15, 0.2) is 0 Å². The number of hydrogen-bond donors (Lipinski definition) is 2. The Morgan fingerprint density at radius 2 is 1.89 bits per heavy atom. The van der Waals surface area contributed by atoms with Gasteiger partial charge in [-0.3, -0.25) is 4.79 Å². The van der Waals surface area contributed by atoms with E-state index in [0.29, 0.717) is 24.4 Å². The van der Waals surface area contributed by atoms with Crippen LogP contribution in [-0.4, -0.2) is 66.7 Å². The summed E-state index contributed by atoms with van der Waals surface area (Å²) in [6, 6.07) is 13.3. The monoisotopic (exact) mass is 496 g/mol. The van der Waals surface area contributed by atoms with Crippen molar-refractivity contribution in [2.45, 2.75) is 44.6 Å². The van der Waals surface area contributed by atoms with Gasteiger partial charge in [-0.25, -0.2) is 18.9 Å². The maximum atomic E-state index is 13.5. The number of imide groups is 1. The zero-order valence-corrected chi connectivity index (χ0v) is 20.5. The lowest BCUT2D eigenvalue weighted by Gasteiger charge is -2.32. The molecule has 4 rings (SSSR count). The second-order valence-corrected chi connectivity index (χ2v) is 9.44. The minimum atomic E-state index is -0.668. The summed E-state index contributed by atoms with van der Waals surface area (Å²) >= 11 is 0. The van der Waals surface area contributed by atoms with Crippen molar-refractivity contribution in [1.82, 2.24) is 15.1 Å². The molecule has 2 aromatic carbocycles. The van der Waals surface area contributed by atoms with Gasteiger partial charge < -0.3 is 20.3 Å². The maximum Gasteiger partial charge on any atom is 0.418 e. The number of hydrogen-bond acceptors (Lipinski definition) is 5. The van der Waals surface area contributed by atoms with Gasteiger partial charge in [-0.05, 0) is 86.6 Å². The number of nitrogens with one attached hydrogen (secondary N) is 2. The van der Waals surface area contributed by atoms with Crippen LogP contribution in [-0.2, 0) is 16.0 Å². The number of benzene rings is 2. The number of carbonyl (C=O) groups excluding carboxylic acids is 3. The molecule has 0 radical (unpaired) electrons. The third-order valence-corrected chi connectivity index (χ3v) is 6.73. The molecule has 4 amide bonds. The lowest BCUT2D eigenvalue weighted by atomic mass is 9.89. The molecule has 2 aliphatic heterocycles. The Balaban J connectivity index is 1.18. The van der Waals surface area contributed by atoms with Crippen LogP contribution in [0.1, 0.15) is 43.2 Å². The smallest absolute Gasteiger partial charge is 0.418 e. The zero-order valence-electron chi connectivity index (χ0n) is 20.5. The number of halogens is 1. The summed E-state index contributed by atoms with van der Waals surface area (Å²) in [4.78, 5) is 39.6. The molecule has 0 aromatic heterocycles. The summed E-state index contributed by atoms with van der Waals surface area (Å²) in [6.45, 7) is 4.86. The van der Waals surface area contributed by atoms with E-state index < -0.39 is 18.2 Å². The van der Waals surface area contributed by atoms with Crippen molar-refractivity contribution in [3.63, 3.8) is 0 Å². The number of likely N-dealkylation sites (tertiary alicyclic amines) is 1. The van der Waals surface area contributed by atoms with E-state index in [-0.39, 0.29) is 18.3 Å². The van der Waals surface area contributed by atoms with Gasteiger partial charge in [-0.1, -0.05) is 24.3 Å². The number of rotatable bonds is 8. The minimum Gasteiger partial charge on any atom is -0.447 e. The Kier molecular flexibility index (Phi) is 8.53. The highest BCUT2D eigenvalue weighted by atomic mass is 19.1. The van der Waals surface area contributed by atoms with Crippen molar-refractivity contribution in [3.8, 4) is 0 Å². The first kappa shape index (κ1) is 25.6. The van der Waals surface area contributed by atoms with Crippen LogP contribution in [0.25, 0.3) is 0 Å². The summed E-state index contributed by atoms with van der Waals surface area (Å²) in [5, 5.41) is 5.67. The highest BCUT2D eigenvalue weighted by Crippen LogP contribution is 2.29. The van der Waals surface area contributed by atoms with Gasteiger partial charge in [0.1, 0.15) is 12.4 Å². The van der Waals surface area contributed by atoms with Crippen LogP contribution in [0.2, 0.25) is 0 Å². The second kappa shape index (κ2) is 12.0. The zero-order chi connectivity index (χ0) is 25.5. The molecule has 9 heteroatoms. The molecular formula is C27H33FN4O4. The molecule has 2 aliphatic rings. The number of cyclic esters (lactones) is 1. The average molecular weight is 497 g/mol. The highest BCUT2D eigenvalue weighted by Gasteiger charge is 2.37. The van der Waals surface area contributed by atoms with Gasteiger partial charge in [0.25, 0.3) is 0 Å². The Hall–Kier alpha value is -3.46. The van der Waals surface area contributed by atoms with E-state index >= 15 is 0 Å². The predicted octanol–water partition coefficient (Wildman–Crippen LogP) is 4.13. The molecule has 2 heterocycles. The van der Waals surface area contributed by atoms with Crippen LogP contribution in [0, 0.1) is 5.82 Å². The van der Waals surface area contributed by atoms with Crippen LogP contribution < -0.4 is 10.6 Å². The molecule has 0 aliphatic carbocycles. The number of carbonyl (C=O) groups is 3. The van der Waals surface area contributed by atoms with E-state index in [0.717, 1.165) is 49.5 Å². The standard InChI is InChI=1S/C27H33FN4O4/c1-19(33)30-24-8-3-6-22(17-24)21-9-13-31(14-10-21)12-4-11-29-26(34)32-25(18-36-27(32)35)16-20-5-2-7-23(28)15-20/h2-3,5-8,15,17,21,25H,4,9-14,16,18H2,1H3,(H,29,34)(H,30,33). The Labute approximate surface area is 210 Å². The van der Waals surface area contributed by atoms with Crippen LogP contribution >= 0.6 is 0 Å². The van der Waals surface area contributed by atoms with Gasteiger partial charge in [0.2, 0.25) is 5.91 Å². The molecule has 8 nitrogen and oxygen atoms in total. The molecule has 1 atom stereocenters. The van der Waals surface area contributed by atoms with E-state index in [1.54, 1.807) is 12.1 Å². The molecule has 0 saturated carbocycles. The van der Waals surface area contributed by atoms with Crippen molar-refractivity contribution in [2.24, 2.45) is 0 Å². The fraction of sp³-hybridized carbons (Fsp3) is 0.444. The Morgan fingerprint density at radius 3 is 2.64 bits per heavy atom. The molecule has 36 heavy (non-hydrogen) atoms. The van der Waals surface area contributed by atoms with Gasteiger partial charge >= 0.3 is 12.1 Å². The Morgan fingerprint density at radius 1 is 1.11 bits per heavy atom. The van der Waals surface area contributed by atoms with Crippen LogP contribution in [0.5, 0.6) is 0 Å². The molecule has 0 spiro atoms. The van der Waals surface area contributed by atoms with Gasteiger partial charge in [0, 0.05) is 19.2 Å². The molecular weight excluding hydrogens is 463 g/mol. The molecule has 0 bridgehead atoms. The summed E-state index contributed by atoms with van der Waals surface area (Å²) in [6.07, 6.45) is 2.53. The summed E-state index contributed by atoms with van der Waals surface area (Å²) < 4.78 is 18.6. The van der Waals surface area contributed by atoms with Crippen LogP contribution in [0.4, 0.5) is 19.7 Å².